The molecule has 2 rings (SSSR count). The SMILES string of the molecule is CCc1noc(Cn2cc(C(C)=O)c(=O)n(C)c2=O)n1. The molecule has 0 fully saturated rings. The molecule has 0 spiro atoms. The van der Waals surface area contributed by atoms with Crippen LogP contribution in [0.2, 0.25) is 0 Å². The van der Waals surface area contributed by atoms with Gasteiger partial charge in [-0.1, -0.05) is 12.1 Å². The van der Waals surface area contributed by atoms with Crippen LogP contribution >= 0.6 is 0 Å². The van der Waals surface area contributed by atoms with Gasteiger partial charge >= 0.3 is 5.69 Å². The number of carbonyl (C=O) groups excluding carboxylic acids is 1. The molecular formula is C12H14N4O4. The van der Waals surface area contributed by atoms with Crippen molar-refractivity contribution in [3.63, 3.8) is 0 Å². The molecule has 2 aromatic heterocycles. The molecule has 0 bridgehead atoms. The topological polar surface area (TPSA) is 100.0 Å². The van der Waals surface area contributed by atoms with Crippen LogP contribution in [0.3, 0.4) is 0 Å². The molecule has 0 aromatic carbocycles. The third kappa shape index (κ3) is 2.44. The summed E-state index contributed by atoms with van der Waals surface area (Å²) in [6.07, 6.45) is 1.84. The predicted molar refractivity (Wildman–Crippen MR) is 68.7 cm³/mol. The first kappa shape index (κ1) is 13.9. The van der Waals surface area contributed by atoms with E-state index in [4.69, 9.17) is 4.52 Å². The smallest absolute Gasteiger partial charge is 0.331 e. The van der Waals surface area contributed by atoms with Crippen LogP contribution in [-0.4, -0.2) is 25.1 Å². The highest BCUT2D eigenvalue weighted by Gasteiger charge is 2.14. The summed E-state index contributed by atoms with van der Waals surface area (Å²) in [6, 6.07) is 0. The van der Waals surface area contributed by atoms with E-state index in [0.29, 0.717) is 12.2 Å². The number of aromatic nitrogens is 4. The van der Waals surface area contributed by atoms with E-state index in [-0.39, 0.29) is 18.0 Å². The number of hydrogen-bond donors (Lipinski definition) is 0. The quantitative estimate of drug-likeness (QED) is 0.714. The molecule has 0 amide bonds. The second kappa shape index (κ2) is 5.24. The number of rotatable bonds is 4. The molecule has 8 heteroatoms. The molecule has 20 heavy (non-hydrogen) atoms. The standard InChI is InChI=1S/C12H14N4O4/c1-4-9-13-10(20-14-9)6-16-5-8(7(2)17)11(18)15(3)12(16)19/h5H,4,6H2,1-3H3. The Morgan fingerprint density at radius 1 is 1.40 bits per heavy atom. The summed E-state index contributed by atoms with van der Waals surface area (Å²) in [6.45, 7) is 3.16. The Hall–Kier alpha value is -2.51. The van der Waals surface area contributed by atoms with Gasteiger partial charge in [0.15, 0.2) is 11.6 Å². The second-order valence-corrected chi connectivity index (χ2v) is 4.33. The number of ketones is 1. The lowest BCUT2D eigenvalue weighted by Gasteiger charge is -2.06. The molecule has 0 aliphatic carbocycles. The molecule has 0 saturated heterocycles. The van der Waals surface area contributed by atoms with Crippen molar-refractivity contribution in [2.45, 2.75) is 26.8 Å². The minimum Gasteiger partial charge on any atom is -0.337 e. The molecule has 0 N–H and O–H groups in total. The van der Waals surface area contributed by atoms with Crippen molar-refractivity contribution >= 4 is 5.78 Å². The largest absolute Gasteiger partial charge is 0.337 e. The van der Waals surface area contributed by atoms with E-state index < -0.39 is 17.0 Å². The summed E-state index contributed by atoms with van der Waals surface area (Å²) < 4.78 is 7.07. The van der Waals surface area contributed by atoms with Crippen LogP contribution in [0.25, 0.3) is 0 Å². The Morgan fingerprint density at radius 3 is 2.65 bits per heavy atom. The molecular weight excluding hydrogens is 264 g/mol. The van der Waals surface area contributed by atoms with Crippen molar-refractivity contribution in [3.05, 3.63) is 44.3 Å². The fourth-order valence-electron chi connectivity index (χ4n) is 1.72. The van der Waals surface area contributed by atoms with E-state index in [0.717, 1.165) is 4.57 Å². The highest BCUT2D eigenvalue weighted by molar-refractivity contribution is 5.93. The van der Waals surface area contributed by atoms with Crippen LogP contribution < -0.4 is 11.2 Å². The zero-order chi connectivity index (χ0) is 14.9. The minimum atomic E-state index is -0.612. The number of carbonyl (C=O) groups is 1. The molecule has 0 aliphatic rings. The van der Waals surface area contributed by atoms with Crippen LogP contribution in [-0.2, 0) is 20.0 Å². The lowest BCUT2D eigenvalue weighted by Crippen LogP contribution is -2.40. The third-order valence-electron chi connectivity index (χ3n) is 2.86. The predicted octanol–water partition coefficient (Wildman–Crippen LogP) is -0.257. The minimum absolute atomic E-state index is 0.0141. The second-order valence-electron chi connectivity index (χ2n) is 4.33. The average molecular weight is 278 g/mol. The molecule has 8 nitrogen and oxygen atoms in total. The lowest BCUT2D eigenvalue weighted by atomic mass is 10.2. The van der Waals surface area contributed by atoms with Gasteiger partial charge in [0.1, 0.15) is 6.54 Å². The number of hydrogen-bond acceptors (Lipinski definition) is 6. The van der Waals surface area contributed by atoms with E-state index in [1.54, 1.807) is 0 Å². The van der Waals surface area contributed by atoms with Gasteiger partial charge in [0.05, 0.1) is 5.56 Å². The highest BCUT2D eigenvalue weighted by Crippen LogP contribution is 2.00. The molecule has 0 saturated carbocycles. The fourth-order valence-corrected chi connectivity index (χ4v) is 1.72. The fraction of sp³-hybridized carbons (Fsp3) is 0.417. The Labute approximate surface area is 113 Å². The average Bonchev–Trinajstić information content (AvgIpc) is 2.86. The van der Waals surface area contributed by atoms with Gasteiger partial charge in [0.2, 0.25) is 5.89 Å². The first-order chi connectivity index (χ1) is 9.43. The number of aryl methyl sites for hydroxylation is 1. The molecule has 0 radical (unpaired) electrons. The number of Topliss-reactive ketones (excluding diaryl/α,β-unsaturated/α-hetero) is 1. The van der Waals surface area contributed by atoms with Crippen molar-refractivity contribution in [1.29, 1.82) is 0 Å². The van der Waals surface area contributed by atoms with Crippen LogP contribution in [0.4, 0.5) is 0 Å². The van der Waals surface area contributed by atoms with Gasteiger partial charge in [-0.25, -0.2) is 4.79 Å². The summed E-state index contributed by atoms with van der Waals surface area (Å²) >= 11 is 0. The van der Waals surface area contributed by atoms with Gasteiger partial charge in [-0.2, -0.15) is 4.98 Å². The molecule has 0 unspecified atom stereocenters. The zero-order valence-electron chi connectivity index (χ0n) is 11.4. The van der Waals surface area contributed by atoms with Gasteiger partial charge < -0.3 is 4.52 Å². The van der Waals surface area contributed by atoms with Crippen LogP contribution in [0, 0.1) is 0 Å². The Bertz CT molecular complexity index is 768. The van der Waals surface area contributed by atoms with Gasteiger partial charge in [-0.3, -0.25) is 18.7 Å². The van der Waals surface area contributed by atoms with Gasteiger partial charge in [0.25, 0.3) is 5.56 Å². The maximum Gasteiger partial charge on any atom is 0.331 e. The van der Waals surface area contributed by atoms with E-state index in [2.05, 4.69) is 10.1 Å². The Morgan fingerprint density at radius 2 is 2.10 bits per heavy atom. The van der Waals surface area contributed by atoms with E-state index in [1.807, 2.05) is 6.92 Å². The van der Waals surface area contributed by atoms with Crippen LogP contribution in [0.15, 0.2) is 20.3 Å². The van der Waals surface area contributed by atoms with Crippen molar-refractivity contribution < 1.29 is 9.32 Å². The van der Waals surface area contributed by atoms with Crippen molar-refractivity contribution in [3.8, 4) is 0 Å². The van der Waals surface area contributed by atoms with E-state index in [1.165, 1.54) is 24.7 Å². The summed E-state index contributed by atoms with van der Waals surface area (Å²) in [5.41, 5.74) is -1.21. The molecule has 106 valence electrons. The summed E-state index contributed by atoms with van der Waals surface area (Å²) in [4.78, 5) is 39.2. The summed E-state index contributed by atoms with van der Waals surface area (Å²) in [5, 5.41) is 3.72. The molecule has 0 atom stereocenters. The Kier molecular flexibility index (Phi) is 3.64. The van der Waals surface area contributed by atoms with Crippen molar-refractivity contribution in [2.24, 2.45) is 7.05 Å². The van der Waals surface area contributed by atoms with Crippen LogP contribution in [0.1, 0.15) is 35.9 Å². The van der Waals surface area contributed by atoms with Crippen molar-refractivity contribution in [1.82, 2.24) is 19.3 Å². The molecule has 2 aromatic rings. The number of nitrogens with zero attached hydrogens (tertiary/aromatic N) is 4. The summed E-state index contributed by atoms with van der Waals surface area (Å²) in [7, 11) is 1.32. The normalized spacial score (nSPS) is 10.8. The summed E-state index contributed by atoms with van der Waals surface area (Å²) in [5.74, 6) is 0.376. The molecule has 2 heterocycles. The Balaban J connectivity index is 2.49. The van der Waals surface area contributed by atoms with Crippen molar-refractivity contribution in [2.75, 3.05) is 0 Å². The lowest BCUT2D eigenvalue weighted by molar-refractivity contribution is 0.101. The maximum absolute atomic E-state index is 12.0. The maximum atomic E-state index is 12.0. The van der Waals surface area contributed by atoms with Gasteiger partial charge in [-0.15, -0.1) is 0 Å². The van der Waals surface area contributed by atoms with E-state index in [9.17, 15) is 14.4 Å². The zero-order valence-corrected chi connectivity index (χ0v) is 11.4. The monoisotopic (exact) mass is 278 g/mol. The first-order valence-corrected chi connectivity index (χ1v) is 6.07. The van der Waals surface area contributed by atoms with E-state index >= 15 is 0 Å². The third-order valence-corrected chi connectivity index (χ3v) is 2.86. The van der Waals surface area contributed by atoms with Gasteiger partial charge in [0, 0.05) is 19.7 Å². The first-order valence-electron chi connectivity index (χ1n) is 6.07. The van der Waals surface area contributed by atoms with Gasteiger partial charge in [-0.05, 0) is 6.92 Å². The van der Waals surface area contributed by atoms with Crippen LogP contribution in [0.5, 0.6) is 0 Å². The highest BCUT2D eigenvalue weighted by atomic mass is 16.5. The molecule has 0 aliphatic heterocycles.